The predicted octanol–water partition coefficient (Wildman–Crippen LogP) is 1.21. The Morgan fingerprint density at radius 2 is 1.87 bits per heavy atom. The van der Waals surface area contributed by atoms with Crippen molar-refractivity contribution in [1.29, 1.82) is 0 Å². The van der Waals surface area contributed by atoms with Gasteiger partial charge in [-0.05, 0) is 5.92 Å². The van der Waals surface area contributed by atoms with E-state index in [1.165, 1.54) is 0 Å². The zero-order valence-electron chi connectivity index (χ0n) is 9.56. The van der Waals surface area contributed by atoms with E-state index < -0.39 is 5.97 Å². The van der Waals surface area contributed by atoms with Crippen LogP contribution < -0.4 is 0 Å². The molecule has 0 aromatic rings. The highest BCUT2D eigenvalue weighted by Crippen LogP contribution is 2.25. The molecule has 1 atom stereocenters. The van der Waals surface area contributed by atoms with Gasteiger partial charge in [0, 0.05) is 25.4 Å². The SMILES string of the molecule is CC(C)CC(=O)N1CC(C(C)C(=O)O)C1. The fourth-order valence-electron chi connectivity index (χ4n) is 1.71. The molecule has 1 aliphatic heterocycles. The maximum absolute atomic E-state index is 11.6. The Bertz CT molecular complexity index is 257. The average molecular weight is 213 g/mol. The summed E-state index contributed by atoms with van der Waals surface area (Å²) in [7, 11) is 0. The molecule has 1 heterocycles. The van der Waals surface area contributed by atoms with Gasteiger partial charge in [-0.1, -0.05) is 20.8 Å². The van der Waals surface area contributed by atoms with E-state index in [0.717, 1.165) is 0 Å². The summed E-state index contributed by atoms with van der Waals surface area (Å²) in [6, 6.07) is 0. The molecule has 4 heteroatoms. The Morgan fingerprint density at radius 1 is 1.33 bits per heavy atom. The highest BCUT2D eigenvalue weighted by Gasteiger charge is 2.36. The third-order valence-electron chi connectivity index (χ3n) is 2.94. The Balaban J connectivity index is 2.31. The van der Waals surface area contributed by atoms with Crippen molar-refractivity contribution >= 4 is 11.9 Å². The van der Waals surface area contributed by atoms with Crippen molar-refractivity contribution < 1.29 is 14.7 Å². The van der Waals surface area contributed by atoms with Gasteiger partial charge >= 0.3 is 5.97 Å². The molecule has 0 bridgehead atoms. The lowest BCUT2D eigenvalue weighted by molar-refractivity contribution is -0.150. The van der Waals surface area contributed by atoms with Crippen molar-refractivity contribution in [1.82, 2.24) is 4.90 Å². The van der Waals surface area contributed by atoms with Crippen LogP contribution in [0.1, 0.15) is 27.2 Å². The van der Waals surface area contributed by atoms with E-state index in [0.29, 0.717) is 25.4 Å². The van der Waals surface area contributed by atoms with Crippen molar-refractivity contribution in [3.05, 3.63) is 0 Å². The highest BCUT2D eigenvalue weighted by molar-refractivity contribution is 5.78. The minimum Gasteiger partial charge on any atom is -0.481 e. The van der Waals surface area contributed by atoms with Gasteiger partial charge in [-0.15, -0.1) is 0 Å². The molecule has 86 valence electrons. The Hall–Kier alpha value is -1.06. The summed E-state index contributed by atoms with van der Waals surface area (Å²) in [6.45, 7) is 6.94. The van der Waals surface area contributed by atoms with Crippen LogP contribution in [0.4, 0.5) is 0 Å². The van der Waals surface area contributed by atoms with Crippen LogP contribution in [0.15, 0.2) is 0 Å². The van der Waals surface area contributed by atoms with Crippen molar-refractivity contribution in [2.75, 3.05) is 13.1 Å². The summed E-state index contributed by atoms with van der Waals surface area (Å²) in [4.78, 5) is 24.0. The number of carboxylic acid groups (broad SMARTS) is 1. The molecule has 1 fully saturated rings. The van der Waals surface area contributed by atoms with E-state index in [1.54, 1.807) is 11.8 Å². The van der Waals surface area contributed by atoms with E-state index in [9.17, 15) is 9.59 Å². The third-order valence-corrected chi connectivity index (χ3v) is 2.94. The number of hydrogen-bond donors (Lipinski definition) is 1. The predicted molar refractivity (Wildman–Crippen MR) is 56.3 cm³/mol. The molecular formula is C11H19NO3. The van der Waals surface area contributed by atoms with Crippen LogP contribution in [-0.2, 0) is 9.59 Å². The summed E-state index contributed by atoms with van der Waals surface area (Å²) in [6.07, 6.45) is 0.564. The molecule has 15 heavy (non-hydrogen) atoms. The normalized spacial score (nSPS) is 18.8. The molecule has 0 radical (unpaired) electrons. The van der Waals surface area contributed by atoms with Gasteiger partial charge in [-0.2, -0.15) is 0 Å². The molecule has 1 N–H and O–H groups in total. The van der Waals surface area contributed by atoms with Gasteiger partial charge in [0.25, 0.3) is 0 Å². The number of aliphatic carboxylic acids is 1. The second-order valence-electron chi connectivity index (χ2n) is 4.78. The lowest BCUT2D eigenvalue weighted by Gasteiger charge is -2.41. The molecule has 0 aromatic heterocycles. The summed E-state index contributed by atoms with van der Waals surface area (Å²) in [5, 5.41) is 8.78. The number of carboxylic acids is 1. The number of likely N-dealkylation sites (tertiary alicyclic amines) is 1. The van der Waals surface area contributed by atoms with Crippen LogP contribution in [0.25, 0.3) is 0 Å². The number of rotatable bonds is 4. The van der Waals surface area contributed by atoms with Gasteiger partial charge in [0.15, 0.2) is 0 Å². The minimum absolute atomic E-state index is 0.138. The first-order chi connectivity index (χ1) is 6.91. The minimum atomic E-state index is -0.768. The van der Waals surface area contributed by atoms with Gasteiger partial charge < -0.3 is 10.0 Å². The van der Waals surface area contributed by atoms with Crippen LogP contribution in [0, 0.1) is 17.8 Å². The van der Waals surface area contributed by atoms with E-state index in [2.05, 4.69) is 0 Å². The number of carbonyl (C=O) groups is 2. The smallest absolute Gasteiger partial charge is 0.306 e. The average Bonchev–Trinajstić information content (AvgIpc) is 1.99. The van der Waals surface area contributed by atoms with E-state index in [4.69, 9.17) is 5.11 Å². The standard InChI is InChI=1S/C11H19NO3/c1-7(2)4-10(13)12-5-9(6-12)8(3)11(14)15/h7-9H,4-6H2,1-3H3,(H,14,15). The first-order valence-corrected chi connectivity index (χ1v) is 5.42. The van der Waals surface area contributed by atoms with Crippen LogP contribution >= 0.6 is 0 Å². The van der Waals surface area contributed by atoms with E-state index >= 15 is 0 Å². The van der Waals surface area contributed by atoms with E-state index in [1.807, 2.05) is 13.8 Å². The van der Waals surface area contributed by atoms with Gasteiger partial charge in [0.2, 0.25) is 5.91 Å². The lowest BCUT2D eigenvalue weighted by atomic mass is 9.86. The summed E-state index contributed by atoms with van der Waals surface area (Å²) in [5.41, 5.74) is 0. The highest BCUT2D eigenvalue weighted by atomic mass is 16.4. The molecule has 1 saturated heterocycles. The number of carbonyl (C=O) groups excluding carboxylic acids is 1. The quantitative estimate of drug-likeness (QED) is 0.763. The van der Waals surface area contributed by atoms with Gasteiger partial charge in [-0.3, -0.25) is 9.59 Å². The second kappa shape index (κ2) is 4.64. The van der Waals surface area contributed by atoms with Crippen LogP contribution in [0.3, 0.4) is 0 Å². The maximum Gasteiger partial charge on any atom is 0.306 e. The molecule has 1 amide bonds. The molecule has 0 aliphatic carbocycles. The molecule has 1 rings (SSSR count). The van der Waals surface area contributed by atoms with Crippen molar-refractivity contribution in [2.45, 2.75) is 27.2 Å². The van der Waals surface area contributed by atoms with Crippen LogP contribution in [0.2, 0.25) is 0 Å². The number of hydrogen-bond acceptors (Lipinski definition) is 2. The Labute approximate surface area is 90.3 Å². The fourth-order valence-corrected chi connectivity index (χ4v) is 1.71. The summed E-state index contributed by atoms with van der Waals surface area (Å²) < 4.78 is 0. The van der Waals surface area contributed by atoms with Gasteiger partial charge in [0.1, 0.15) is 0 Å². The van der Waals surface area contributed by atoms with Crippen molar-refractivity contribution in [2.24, 2.45) is 17.8 Å². The zero-order chi connectivity index (χ0) is 11.6. The molecule has 1 unspecified atom stereocenters. The lowest BCUT2D eigenvalue weighted by Crippen LogP contribution is -2.53. The van der Waals surface area contributed by atoms with Crippen molar-refractivity contribution in [3.63, 3.8) is 0 Å². The molecule has 1 aliphatic rings. The maximum atomic E-state index is 11.6. The van der Waals surface area contributed by atoms with Gasteiger partial charge in [0.05, 0.1) is 5.92 Å². The monoisotopic (exact) mass is 213 g/mol. The van der Waals surface area contributed by atoms with Crippen LogP contribution in [0.5, 0.6) is 0 Å². The summed E-state index contributed by atoms with van der Waals surface area (Å²) in [5.74, 6) is -0.449. The molecule has 0 spiro atoms. The van der Waals surface area contributed by atoms with Crippen LogP contribution in [-0.4, -0.2) is 35.0 Å². The molecule has 0 aromatic carbocycles. The fraction of sp³-hybridized carbons (Fsp3) is 0.818. The Morgan fingerprint density at radius 3 is 2.27 bits per heavy atom. The number of amides is 1. The largest absolute Gasteiger partial charge is 0.481 e. The summed E-state index contributed by atoms with van der Waals surface area (Å²) >= 11 is 0. The zero-order valence-corrected chi connectivity index (χ0v) is 9.56. The third kappa shape index (κ3) is 2.94. The molecule has 0 saturated carbocycles. The number of nitrogens with zero attached hydrogens (tertiary/aromatic N) is 1. The molecule has 4 nitrogen and oxygen atoms in total. The van der Waals surface area contributed by atoms with Crippen molar-refractivity contribution in [3.8, 4) is 0 Å². The topological polar surface area (TPSA) is 57.6 Å². The Kier molecular flexibility index (Phi) is 3.72. The van der Waals surface area contributed by atoms with E-state index in [-0.39, 0.29) is 17.7 Å². The molecular weight excluding hydrogens is 194 g/mol. The van der Waals surface area contributed by atoms with Gasteiger partial charge in [-0.25, -0.2) is 0 Å². The first-order valence-electron chi connectivity index (χ1n) is 5.42. The second-order valence-corrected chi connectivity index (χ2v) is 4.78. The first kappa shape index (κ1) is 12.0.